The molecule has 156 valence electrons. The summed E-state index contributed by atoms with van der Waals surface area (Å²) in [5.41, 5.74) is 2.68. The number of amides is 1. The van der Waals surface area contributed by atoms with Crippen LogP contribution in [0.15, 0.2) is 35.7 Å². The Balaban J connectivity index is 1.23. The number of nitrogens with zero attached hydrogens (tertiary/aromatic N) is 3. The van der Waals surface area contributed by atoms with Crippen molar-refractivity contribution in [1.82, 2.24) is 14.7 Å². The third-order valence-electron chi connectivity index (χ3n) is 6.31. The highest BCUT2D eigenvalue weighted by Gasteiger charge is 2.30. The SMILES string of the molecule is COc1ccc(CCN2CCN(C(C)C(=O)N3CCc4sccc4C3)CC2)cc1. The molecule has 1 fully saturated rings. The molecule has 1 saturated heterocycles. The highest BCUT2D eigenvalue weighted by molar-refractivity contribution is 7.10. The van der Waals surface area contributed by atoms with Gasteiger partial charge in [0.05, 0.1) is 13.2 Å². The van der Waals surface area contributed by atoms with E-state index in [1.807, 2.05) is 23.5 Å². The number of rotatable bonds is 6. The zero-order chi connectivity index (χ0) is 20.2. The van der Waals surface area contributed by atoms with E-state index in [4.69, 9.17) is 4.74 Å². The maximum absolute atomic E-state index is 13.0. The molecule has 3 heterocycles. The fraction of sp³-hybridized carbons (Fsp3) is 0.522. The molecule has 1 aromatic heterocycles. The monoisotopic (exact) mass is 413 g/mol. The number of thiophene rings is 1. The first-order valence-electron chi connectivity index (χ1n) is 10.6. The van der Waals surface area contributed by atoms with Crippen molar-refractivity contribution in [3.8, 4) is 5.75 Å². The van der Waals surface area contributed by atoms with Crippen LogP contribution in [-0.2, 0) is 24.2 Å². The number of hydrogen-bond acceptors (Lipinski definition) is 5. The van der Waals surface area contributed by atoms with E-state index in [0.29, 0.717) is 0 Å². The number of carbonyl (C=O) groups is 1. The summed E-state index contributed by atoms with van der Waals surface area (Å²) in [5, 5.41) is 2.15. The predicted molar refractivity (Wildman–Crippen MR) is 118 cm³/mol. The molecule has 0 saturated carbocycles. The molecule has 1 unspecified atom stereocenters. The van der Waals surface area contributed by atoms with E-state index in [2.05, 4.69) is 45.2 Å². The first-order valence-corrected chi connectivity index (χ1v) is 11.5. The van der Waals surface area contributed by atoms with Crippen LogP contribution < -0.4 is 4.74 Å². The molecule has 1 amide bonds. The fourth-order valence-electron chi connectivity index (χ4n) is 4.31. The molecule has 29 heavy (non-hydrogen) atoms. The van der Waals surface area contributed by atoms with Crippen LogP contribution in [-0.4, -0.2) is 73.0 Å². The van der Waals surface area contributed by atoms with Gasteiger partial charge in [0.1, 0.15) is 5.75 Å². The number of hydrogen-bond donors (Lipinski definition) is 0. The normalized spacial score (nSPS) is 19.0. The van der Waals surface area contributed by atoms with Crippen LogP contribution >= 0.6 is 11.3 Å². The fourth-order valence-corrected chi connectivity index (χ4v) is 5.20. The summed E-state index contributed by atoms with van der Waals surface area (Å²) in [5.74, 6) is 1.19. The number of methoxy groups -OCH3 is 1. The summed E-state index contributed by atoms with van der Waals surface area (Å²) in [7, 11) is 1.70. The molecule has 1 aromatic carbocycles. The number of piperazine rings is 1. The molecule has 2 aromatic rings. The lowest BCUT2D eigenvalue weighted by Gasteiger charge is -2.39. The van der Waals surface area contributed by atoms with Gasteiger partial charge in [-0.15, -0.1) is 11.3 Å². The molecule has 0 N–H and O–H groups in total. The van der Waals surface area contributed by atoms with Gasteiger partial charge in [0.2, 0.25) is 5.91 Å². The van der Waals surface area contributed by atoms with Gasteiger partial charge >= 0.3 is 0 Å². The molecule has 5 nitrogen and oxygen atoms in total. The molecule has 2 aliphatic rings. The molecule has 0 aliphatic carbocycles. The zero-order valence-electron chi connectivity index (χ0n) is 17.5. The lowest BCUT2D eigenvalue weighted by molar-refractivity contribution is -0.138. The van der Waals surface area contributed by atoms with E-state index < -0.39 is 0 Å². The van der Waals surface area contributed by atoms with Gasteiger partial charge in [-0.3, -0.25) is 9.69 Å². The average Bonchev–Trinajstić information content (AvgIpc) is 3.25. The molecular weight excluding hydrogens is 382 g/mol. The van der Waals surface area contributed by atoms with Crippen molar-refractivity contribution in [3.63, 3.8) is 0 Å². The van der Waals surface area contributed by atoms with Crippen molar-refractivity contribution in [1.29, 1.82) is 0 Å². The molecule has 0 radical (unpaired) electrons. The first-order chi connectivity index (χ1) is 14.1. The topological polar surface area (TPSA) is 36.0 Å². The number of ether oxygens (including phenoxy) is 1. The second kappa shape index (κ2) is 9.28. The van der Waals surface area contributed by atoms with E-state index in [0.717, 1.165) is 64.4 Å². The lowest BCUT2D eigenvalue weighted by Crippen LogP contribution is -2.55. The average molecular weight is 414 g/mol. The van der Waals surface area contributed by atoms with E-state index in [1.165, 1.54) is 16.0 Å². The highest BCUT2D eigenvalue weighted by atomic mass is 32.1. The number of benzene rings is 1. The van der Waals surface area contributed by atoms with Crippen molar-refractivity contribution in [2.75, 3.05) is 46.4 Å². The Kier molecular flexibility index (Phi) is 6.53. The van der Waals surface area contributed by atoms with Crippen molar-refractivity contribution < 1.29 is 9.53 Å². The predicted octanol–water partition coefficient (Wildman–Crippen LogP) is 2.89. The Morgan fingerprint density at radius 3 is 2.59 bits per heavy atom. The summed E-state index contributed by atoms with van der Waals surface area (Å²) < 4.78 is 5.23. The van der Waals surface area contributed by atoms with E-state index in [1.54, 1.807) is 7.11 Å². The molecule has 6 heteroatoms. The molecular formula is C23H31N3O2S. The van der Waals surface area contributed by atoms with Gasteiger partial charge in [0, 0.05) is 50.7 Å². The number of carbonyl (C=O) groups excluding carboxylic acids is 1. The van der Waals surface area contributed by atoms with Crippen LogP contribution in [0.2, 0.25) is 0 Å². The molecule has 4 rings (SSSR count). The third kappa shape index (κ3) is 4.82. The molecule has 1 atom stereocenters. The summed E-state index contributed by atoms with van der Waals surface area (Å²) in [4.78, 5) is 21.4. The van der Waals surface area contributed by atoms with E-state index in [9.17, 15) is 4.79 Å². The Labute approximate surface area is 177 Å². The molecule has 0 spiro atoms. The van der Waals surface area contributed by atoms with E-state index >= 15 is 0 Å². The van der Waals surface area contributed by atoms with Crippen molar-refractivity contribution in [2.24, 2.45) is 0 Å². The van der Waals surface area contributed by atoms with Gasteiger partial charge in [-0.1, -0.05) is 12.1 Å². The van der Waals surface area contributed by atoms with Crippen LogP contribution in [0.1, 0.15) is 22.9 Å². The Hall–Kier alpha value is -1.89. The second-order valence-electron chi connectivity index (χ2n) is 8.03. The Morgan fingerprint density at radius 2 is 1.86 bits per heavy atom. The second-order valence-corrected chi connectivity index (χ2v) is 9.03. The largest absolute Gasteiger partial charge is 0.497 e. The molecule has 0 bridgehead atoms. The third-order valence-corrected chi connectivity index (χ3v) is 7.33. The zero-order valence-corrected chi connectivity index (χ0v) is 18.3. The van der Waals surface area contributed by atoms with Crippen LogP contribution in [0.3, 0.4) is 0 Å². The van der Waals surface area contributed by atoms with Crippen molar-refractivity contribution in [3.05, 3.63) is 51.7 Å². The minimum atomic E-state index is -0.0288. The lowest BCUT2D eigenvalue weighted by atomic mass is 10.1. The Morgan fingerprint density at radius 1 is 1.10 bits per heavy atom. The minimum Gasteiger partial charge on any atom is -0.497 e. The summed E-state index contributed by atoms with van der Waals surface area (Å²) in [6, 6.07) is 10.5. The van der Waals surface area contributed by atoms with Gasteiger partial charge in [-0.25, -0.2) is 0 Å². The highest BCUT2D eigenvalue weighted by Crippen LogP contribution is 2.25. The minimum absolute atomic E-state index is 0.0288. The van der Waals surface area contributed by atoms with Crippen LogP contribution in [0, 0.1) is 0 Å². The summed E-state index contributed by atoms with van der Waals surface area (Å²) in [6.07, 6.45) is 2.06. The van der Waals surface area contributed by atoms with Crippen molar-refractivity contribution >= 4 is 17.2 Å². The first kappa shape index (κ1) is 20.4. The summed E-state index contributed by atoms with van der Waals surface area (Å²) in [6.45, 7) is 8.78. The van der Waals surface area contributed by atoms with Crippen LogP contribution in [0.5, 0.6) is 5.75 Å². The smallest absolute Gasteiger partial charge is 0.239 e. The quantitative estimate of drug-likeness (QED) is 0.730. The number of fused-ring (bicyclic) bond motifs is 1. The van der Waals surface area contributed by atoms with Gasteiger partial charge in [0.25, 0.3) is 0 Å². The van der Waals surface area contributed by atoms with Crippen LogP contribution in [0.25, 0.3) is 0 Å². The van der Waals surface area contributed by atoms with Gasteiger partial charge < -0.3 is 14.5 Å². The van der Waals surface area contributed by atoms with Gasteiger partial charge in [-0.2, -0.15) is 0 Å². The summed E-state index contributed by atoms with van der Waals surface area (Å²) >= 11 is 1.82. The maximum atomic E-state index is 13.0. The van der Waals surface area contributed by atoms with Gasteiger partial charge in [-0.05, 0) is 54.5 Å². The standard InChI is InChI=1S/C23H31N3O2S/c1-18(23(27)26-11-8-22-20(17-26)9-16-29-22)25-14-12-24(13-15-25)10-7-19-3-5-21(28-2)6-4-19/h3-6,9,16,18H,7-8,10-15,17H2,1-2H3. The van der Waals surface area contributed by atoms with Crippen molar-refractivity contribution in [2.45, 2.75) is 32.4 Å². The van der Waals surface area contributed by atoms with E-state index in [-0.39, 0.29) is 11.9 Å². The van der Waals surface area contributed by atoms with Gasteiger partial charge in [0.15, 0.2) is 0 Å². The maximum Gasteiger partial charge on any atom is 0.239 e. The van der Waals surface area contributed by atoms with Crippen LogP contribution in [0.4, 0.5) is 0 Å². The molecule has 2 aliphatic heterocycles. The Bertz CT molecular complexity index is 812.